The van der Waals surface area contributed by atoms with Gasteiger partial charge in [0.05, 0.1) is 4.90 Å². The lowest BCUT2D eigenvalue weighted by Crippen LogP contribution is -2.17. The first-order valence-electron chi connectivity index (χ1n) is 5.07. The zero-order valence-electron chi connectivity index (χ0n) is 9.47. The zero-order chi connectivity index (χ0) is 12.2. The summed E-state index contributed by atoms with van der Waals surface area (Å²) in [4.78, 5) is 0.309. The number of rotatable bonds is 5. The summed E-state index contributed by atoms with van der Waals surface area (Å²) >= 11 is 0. The molecule has 0 saturated carbocycles. The van der Waals surface area contributed by atoms with Gasteiger partial charge < -0.3 is 10.4 Å². The molecule has 0 amide bonds. The van der Waals surface area contributed by atoms with Crippen molar-refractivity contribution in [3.8, 4) is 0 Å². The Bertz CT molecular complexity index is 442. The molecule has 1 aromatic carbocycles. The molecule has 1 aromatic rings. The Labute approximate surface area is 96.2 Å². The van der Waals surface area contributed by atoms with E-state index >= 15 is 0 Å². The first-order valence-corrected chi connectivity index (χ1v) is 6.96. The van der Waals surface area contributed by atoms with E-state index in [1.54, 1.807) is 25.2 Å². The average Bonchev–Trinajstić information content (AvgIpc) is 2.25. The summed E-state index contributed by atoms with van der Waals surface area (Å²) in [6.07, 6.45) is 1.75. The van der Waals surface area contributed by atoms with Crippen molar-refractivity contribution in [2.45, 2.75) is 17.4 Å². The van der Waals surface area contributed by atoms with Crippen molar-refractivity contribution in [1.82, 2.24) is 5.32 Å². The van der Waals surface area contributed by atoms with Crippen molar-refractivity contribution in [2.24, 2.45) is 0 Å². The summed E-state index contributed by atoms with van der Waals surface area (Å²) in [5.74, 6) is 0. The zero-order valence-corrected chi connectivity index (χ0v) is 10.3. The maximum Gasteiger partial charge on any atom is 0.175 e. The molecule has 1 atom stereocenters. The van der Waals surface area contributed by atoms with Crippen LogP contribution < -0.4 is 5.32 Å². The van der Waals surface area contributed by atoms with Gasteiger partial charge in [0, 0.05) is 18.9 Å². The van der Waals surface area contributed by atoms with E-state index < -0.39 is 9.84 Å². The number of aliphatic hydroxyl groups excluding tert-OH is 1. The molecule has 0 aliphatic rings. The number of sulfone groups is 1. The molecule has 5 heteroatoms. The van der Waals surface area contributed by atoms with Gasteiger partial charge in [-0.3, -0.25) is 0 Å². The highest BCUT2D eigenvalue weighted by Gasteiger charge is 2.12. The van der Waals surface area contributed by atoms with Gasteiger partial charge in [-0.05, 0) is 31.2 Å². The van der Waals surface area contributed by atoms with E-state index in [1.807, 2.05) is 6.07 Å². The first-order chi connectivity index (χ1) is 7.49. The van der Waals surface area contributed by atoms with Gasteiger partial charge in [0.1, 0.15) is 0 Å². The minimum absolute atomic E-state index is 0.0216. The molecule has 90 valence electrons. The quantitative estimate of drug-likeness (QED) is 0.800. The van der Waals surface area contributed by atoms with Crippen LogP contribution in [0.1, 0.15) is 18.0 Å². The smallest absolute Gasteiger partial charge is 0.175 e. The molecule has 0 aliphatic carbocycles. The third-order valence-electron chi connectivity index (χ3n) is 2.45. The molecule has 0 aromatic heterocycles. The Morgan fingerprint density at radius 2 is 2.12 bits per heavy atom. The molecule has 0 radical (unpaired) electrons. The maximum atomic E-state index is 11.4. The van der Waals surface area contributed by atoms with Gasteiger partial charge >= 0.3 is 0 Å². The van der Waals surface area contributed by atoms with Crippen LogP contribution in [0, 0.1) is 0 Å². The summed E-state index contributed by atoms with van der Waals surface area (Å²) in [6.45, 7) is 0.0641. The number of hydrogen-bond donors (Lipinski definition) is 2. The fraction of sp³-hybridized carbons (Fsp3) is 0.455. The number of hydrogen-bond acceptors (Lipinski definition) is 4. The van der Waals surface area contributed by atoms with Crippen molar-refractivity contribution >= 4 is 9.84 Å². The third-order valence-corrected chi connectivity index (χ3v) is 3.57. The SMILES string of the molecule is CNC(CCO)c1cccc(S(C)(=O)=O)c1. The molecule has 0 bridgehead atoms. The largest absolute Gasteiger partial charge is 0.396 e. The molecular formula is C11H17NO3S. The van der Waals surface area contributed by atoms with Crippen molar-refractivity contribution in [3.05, 3.63) is 29.8 Å². The minimum atomic E-state index is -3.17. The van der Waals surface area contributed by atoms with Crippen molar-refractivity contribution in [1.29, 1.82) is 0 Å². The molecule has 4 nitrogen and oxygen atoms in total. The molecule has 1 unspecified atom stereocenters. The highest BCUT2D eigenvalue weighted by Crippen LogP contribution is 2.19. The van der Waals surface area contributed by atoms with Crippen LogP contribution in [0.25, 0.3) is 0 Å². The highest BCUT2D eigenvalue weighted by atomic mass is 32.2. The average molecular weight is 243 g/mol. The van der Waals surface area contributed by atoms with E-state index in [-0.39, 0.29) is 12.6 Å². The molecule has 0 fully saturated rings. The van der Waals surface area contributed by atoms with E-state index in [9.17, 15) is 8.42 Å². The van der Waals surface area contributed by atoms with Crippen LogP contribution in [0.2, 0.25) is 0 Å². The number of aliphatic hydroxyl groups is 1. The standard InChI is InChI=1S/C11H17NO3S/c1-12-11(6-7-13)9-4-3-5-10(8-9)16(2,14)15/h3-5,8,11-13H,6-7H2,1-2H3. The molecule has 1 rings (SSSR count). The lowest BCUT2D eigenvalue weighted by molar-refractivity contribution is 0.268. The second kappa shape index (κ2) is 5.43. The van der Waals surface area contributed by atoms with E-state index in [4.69, 9.17) is 5.11 Å². The Hall–Kier alpha value is -0.910. The van der Waals surface area contributed by atoms with Crippen LogP contribution in [0.3, 0.4) is 0 Å². The lowest BCUT2D eigenvalue weighted by atomic mass is 10.0. The van der Waals surface area contributed by atoms with Crippen molar-refractivity contribution in [2.75, 3.05) is 19.9 Å². The van der Waals surface area contributed by atoms with Gasteiger partial charge in [-0.25, -0.2) is 8.42 Å². The summed E-state index contributed by atoms with van der Waals surface area (Å²) in [5, 5.41) is 11.9. The topological polar surface area (TPSA) is 66.4 Å². The normalized spacial score (nSPS) is 13.7. The van der Waals surface area contributed by atoms with E-state index in [2.05, 4.69) is 5.32 Å². The van der Waals surface area contributed by atoms with Gasteiger partial charge in [0.25, 0.3) is 0 Å². The fourth-order valence-corrected chi connectivity index (χ4v) is 2.24. The summed E-state index contributed by atoms with van der Waals surface area (Å²) in [7, 11) is -1.39. The Kier molecular flexibility index (Phi) is 4.46. The second-order valence-electron chi connectivity index (χ2n) is 3.70. The van der Waals surface area contributed by atoms with Crippen LogP contribution in [-0.4, -0.2) is 33.4 Å². The lowest BCUT2D eigenvalue weighted by Gasteiger charge is -2.15. The monoisotopic (exact) mass is 243 g/mol. The van der Waals surface area contributed by atoms with Crippen LogP contribution in [0.15, 0.2) is 29.2 Å². The van der Waals surface area contributed by atoms with Crippen molar-refractivity contribution in [3.63, 3.8) is 0 Å². The summed E-state index contributed by atoms with van der Waals surface area (Å²) < 4.78 is 22.8. The van der Waals surface area contributed by atoms with E-state index in [1.165, 1.54) is 6.26 Å². The molecule has 2 N–H and O–H groups in total. The Morgan fingerprint density at radius 3 is 2.62 bits per heavy atom. The van der Waals surface area contributed by atoms with Gasteiger partial charge in [-0.2, -0.15) is 0 Å². The first kappa shape index (κ1) is 13.2. The highest BCUT2D eigenvalue weighted by molar-refractivity contribution is 7.90. The van der Waals surface area contributed by atoms with Crippen LogP contribution in [-0.2, 0) is 9.84 Å². The fourth-order valence-electron chi connectivity index (χ4n) is 1.57. The number of benzene rings is 1. The van der Waals surface area contributed by atoms with E-state index in [0.717, 1.165) is 5.56 Å². The van der Waals surface area contributed by atoms with Gasteiger partial charge in [0.2, 0.25) is 0 Å². The van der Waals surface area contributed by atoms with Crippen LogP contribution in [0.4, 0.5) is 0 Å². The van der Waals surface area contributed by atoms with Crippen LogP contribution in [0.5, 0.6) is 0 Å². The molecule has 0 spiro atoms. The molecule has 0 aliphatic heterocycles. The molecular weight excluding hydrogens is 226 g/mol. The second-order valence-corrected chi connectivity index (χ2v) is 5.71. The molecule has 16 heavy (non-hydrogen) atoms. The van der Waals surface area contributed by atoms with Crippen molar-refractivity contribution < 1.29 is 13.5 Å². The number of nitrogens with one attached hydrogen (secondary N) is 1. The summed E-state index contributed by atoms with van der Waals surface area (Å²) in [5.41, 5.74) is 0.875. The Morgan fingerprint density at radius 1 is 1.44 bits per heavy atom. The summed E-state index contributed by atoms with van der Waals surface area (Å²) in [6, 6.07) is 6.77. The minimum Gasteiger partial charge on any atom is -0.396 e. The van der Waals surface area contributed by atoms with Gasteiger partial charge in [0.15, 0.2) is 9.84 Å². The van der Waals surface area contributed by atoms with Gasteiger partial charge in [-0.15, -0.1) is 0 Å². The third kappa shape index (κ3) is 3.30. The van der Waals surface area contributed by atoms with Crippen LogP contribution >= 0.6 is 0 Å². The predicted molar refractivity (Wildman–Crippen MR) is 63.1 cm³/mol. The molecule has 0 saturated heterocycles. The van der Waals surface area contributed by atoms with Gasteiger partial charge in [-0.1, -0.05) is 12.1 Å². The predicted octanol–water partition coefficient (Wildman–Crippen LogP) is 0.733. The Balaban J connectivity index is 3.06. The molecule has 0 heterocycles. The van der Waals surface area contributed by atoms with E-state index in [0.29, 0.717) is 11.3 Å². The maximum absolute atomic E-state index is 11.4.